The lowest BCUT2D eigenvalue weighted by atomic mass is 10.1. The Labute approximate surface area is 368 Å². The summed E-state index contributed by atoms with van der Waals surface area (Å²) in [6, 6.07) is 51.1. The van der Waals surface area contributed by atoms with Gasteiger partial charge < -0.3 is 22.7 Å². The number of hydrogen-bond acceptors (Lipinski definition) is 10. The molecule has 0 amide bonds. The molecule has 10 rings (SSSR count). The molecule has 4 aromatic heterocycles. The summed E-state index contributed by atoms with van der Waals surface area (Å²) in [5.74, 6) is 3.38. The molecule has 0 bridgehead atoms. The molecule has 0 aliphatic rings. The predicted molar refractivity (Wildman–Crippen MR) is 245 cm³/mol. The van der Waals surface area contributed by atoms with Gasteiger partial charge in [0.2, 0.25) is 0 Å². The van der Waals surface area contributed by atoms with Crippen LogP contribution in [0.2, 0.25) is 0 Å². The first kappa shape index (κ1) is 39.2. The number of nitrogens with zero attached hydrogens (tertiary/aromatic N) is 4. The first-order valence-corrected chi connectivity index (χ1v) is 23.1. The van der Waals surface area contributed by atoms with Gasteiger partial charge in [-0.25, -0.2) is 19.9 Å². The summed E-state index contributed by atoms with van der Waals surface area (Å²) in [6.07, 6.45) is 0. The maximum Gasteiger partial charge on any atom is 1.20 e. The number of benzene rings is 6. The number of aromatic nitrogens is 4. The van der Waals surface area contributed by atoms with E-state index in [0.717, 1.165) is 77.2 Å². The van der Waals surface area contributed by atoms with Crippen molar-refractivity contribution in [1.82, 2.24) is 19.9 Å². The van der Waals surface area contributed by atoms with E-state index in [0.29, 0.717) is 34.5 Å². The van der Waals surface area contributed by atoms with Crippen molar-refractivity contribution in [3.8, 4) is 34.5 Å². The molecular weight excluding hydrogens is 807 g/mol. The van der Waals surface area contributed by atoms with Crippen molar-refractivity contribution in [2.24, 2.45) is 0 Å². The van der Waals surface area contributed by atoms with Crippen LogP contribution >= 0.6 is 0 Å². The molecule has 0 radical (unpaired) electrons. The predicted octanol–water partition coefficient (Wildman–Crippen LogP) is 11.3. The van der Waals surface area contributed by atoms with Gasteiger partial charge in [-0.1, -0.05) is 97.1 Å². The molecule has 300 valence electrons. The Kier molecular flexibility index (Phi) is 10.7. The van der Waals surface area contributed by atoms with Crippen molar-refractivity contribution < 1.29 is 22.7 Å². The minimum atomic E-state index is -3.14. The molecule has 12 heteroatoms. The number of pyridine rings is 4. The fourth-order valence-corrected chi connectivity index (χ4v) is 10.2. The number of hydrogen-bond donors (Lipinski definition) is 0. The van der Waals surface area contributed by atoms with Gasteiger partial charge in [-0.05, 0) is 88.4 Å². The van der Waals surface area contributed by atoms with Gasteiger partial charge in [0.05, 0.1) is 11.5 Å². The minimum absolute atomic E-state index is 0.556. The Morgan fingerprint density at radius 1 is 0.274 bits per heavy atom. The highest BCUT2D eigenvalue weighted by molar-refractivity contribution is 6.41. The molecule has 0 aliphatic heterocycles. The quantitative estimate of drug-likeness (QED) is 0.110. The van der Waals surface area contributed by atoms with E-state index in [2.05, 4.69) is 0 Å². The molecule has 4 heterocycles. The van der Waals surface area contributed by atoms with Crippen molar-refractivity contribution in [2.75, 3.05) is 0 Å². The second-order valence-corrected chi connectivity index (χ2v) is 17.6. The molecule has 0 aliphatic carbocycles. The number of para-hydroxylation sites is 4. The van der Waals surface area contributed by atoms with Crippen LogP contribution in [0, 0.1) is 27.7 Å². The minimum Gasteiger partial charge on any atom is -0.577 e. The van der Waals surface area contributed by atoms with Crippen LogP contribution in [0.15, 0.2) is 158 Å². The van der Waals surface area contributed by atoms with Gasteiger partial charge >= 0.3 is 30.3 Å². The Balaban J connectivity index is 1.04. The smallest absolute Gasteiger partial charge is 0.577 e. The Morgan fingerprint density at radius 3 is 0.839 bits per heavy atom. The number of aryl methyl sites for hydroxylation is 4. The maximum absolute atomic E-state index is 6.88. The van der Waals surface area contributed by atoms with Crippen molar-refractivity contribution in [3.05, 3.63) is 181 Å². The van der Waals surface area contributed by atoms with E-state index in [-0.39, 0.29) is 0 Å². The largest absolute Gasteiger partial charge is 1.20 e. The molecule has 0 saturated carbocycles. The van der Waals surface area contributed by atoms with Crippen LogP contribution in [0.3, 0.4) is 0 Å². The number of rotatable bonds is 12. The molecule has 6 aromatic carbocycles. The summed E-state index contributed by atoms with van der Waals surface area (Å²) >= 11 is -6.28. The molecule has 0 saturated heterocycles. The monoisotopic (exact) mass is 844 g/mol. The third kappa shape index (κ3) is 8.13. The average Bonchev–Trinajstić information content (AvgIpc) is 3.28. The third-order valence-electron chi connectivity index (χ3n) is 10.5. The van der Waals surface area contributed by atoms with Gasteiger partial charge in [-0.15, -0.1) is 0 Å². The van der Waals surface area contributed by atoms with Crippen LogP contribution in [-0.4, -0.2) is 50.2 Å². The average molecular weight is 845 g/mol. The van der Waals surface area contributed by atoms with E-state index in [4.69, 9.17) is 42.7 Å². The zero-order valence-electron chi connectivity index (χ0n) is 34.4. The van der Waals surface area contributed by atoms with E-state index >= 15 is 0 Å². The Bertz CT molecular complexity index is 2920. The summed E-state index contributed by atoms with van der Waals surface area (Å²) in [5.41, 5.74) is 6.39. The van der Waals surface area contributed by atoms with Gasteiger partial charge in [0.25, 0.3) is 0 Å². The Morgan fingerprint density at radius 2 is 0.548 bits per heavy atom. The molecule has 0 spiro atoms. The molecule has 0 N–H and O–H groups in total. The molecule has 0 atom stereocenters. The molecule has 10 aromatic rings. The third-order valence-corrected chi connectivity index (χ3v) is 13.2. The SMILES string of the molecule is Cc1ccc2cccc([O][Al]([O]c3ccc([O][Al]([O]c4cccc5ccc(C)nc45)[O]c4cccc5ccc(C)nc45)c4ccccc34)[O]c3cccc4ccc(C)nc34)c2n1. The van der Waals surface area contributed by atoms with Gasteiger partial charge in [-0.3, -0.25) is 0 Å². The second kappa shape index (κ2) is 16.9. The zero-order chi connectivity index (χ0) is 42.2. The van der Waals surface area contributed by atoms with Crippen molar-refractivity contribution >= 4 is 84.7 Å². The first-order chi connectivity index (χ1) is 30.3. The maximum atomic E-state index is 6.88. The van der Waals surface area contributed by atoms with Crippen molar-refractivity contribution in [2.45, 2.75) is 27.7 Å². The van der Waals surface area contributed by atoms with Gasteiger partial charge in [0, 0.05) is 55.1 Å². The topological polar surface area (TPSA) is 107 Å². The van der Waals surface area contributed by atoms with Crippen molar-refractivity contribution in [1.29, 1.82) is 0 Å². The summed E-state index contributed by atoms with van der Waals surface area (Å²) in [4.78, 5) is 19.3. The van der Waals surface area contributed by atoms with E-state index < -0.39 is 30.3 Å². The standard InChI is InChI=1S/4C10H9NO.C10H8O2.2Al/c4*1-7-5-6-8-3-2-4-9(12)10(8)11-7;11-9-5-6-10(12)8-4-2-1-3-7(8)9;;/h4*2-6,12H,1H3;1-6,11-12H;;/q;;;;;2*+3/p-6. The summed E-state index contributed by atoms with van der Waals surface area (Å²) in [5, 5.41) is 5.35. The highest BCUT2D eigenvalue weighted by Crippen LogP contribution is 2.37. The first-order valence-electron chi connectivity index (χ1n) is 20.3. The highest BCUT2D eigenvalue weighted by Gasteiger charge is 2.47. The lowest BCUT2D eigenvalue weighted by molar-refractivity contribution is 0.307. The molecule has 0 fully saturated rings. The zero-order valence-corrected chi connectivity index (χ0v) is 36.7. The van der Waals surface area contributed by atoms with Crippen LogP contribution in [0.4, 0.5) is 0 Å². The van der Waals surface area contributed by atoms with Crippen molar-refractivity contribution in [3.63, 3.8) is 0 Å². The number of fused-ring (bicyclic) bond motifs is 5. The van der Waals surface area contributed by atoms with Gasteiger partial charge in [0.15, 0.2) is 0 Å². The lowest BCUT2D eigenvalue weighted by Crippen LogP contribution is -2.37. The van der Waals surface area contributed by atoms with Crippen LogP contribution in [-0.2, 0) is 0 Å². The van der Waals surface area contributed by atoms with E-state index in [1.165, 1.54) is 0 Å². The molecule has 10 nitrogen and oxygen atoms in total. The van der Waals surface area contributed by atoms with E-state index in [1.54, 1.807) is 0 Å². The van der Waals surface area contributed by atoms with Crippen LogP contribution < -0.4 is 22.7 Å². The lowest BCUT2D eigenvalue weighted by Gasteiger charge is -2.21. The fourth-order valence-electron chi connectivity index (χ4n) is 7.47. The van der Waals surface area contributed by atoms with E-state index in [1.807, 2.05) is 185 Å². The highest BCUT2D eigenvalue weighted by atomic mass is 27.3. The van der Waals surface area contributed by atoms with Crippen LogP contribution in [0.25, 0.3) is 54.4 Å². The van der Waals surface area contributed by atoms with Gasteiger partial charge in [0.1, 0.15) is 45.1 Å². The van der Waals surface area contributed by atoms with E-state index in [9.17, 15) is 0 Å². The Hall–Kier alpha value is -6.92. The second-order valence-electron chi connectivity index (χ2n) is 15.0. The summed E-state index contributed by atoms with van der Waals surface area (Å²) in [6.45, 7) is 7.84. The summed E-state index contributed by atoms with van der Waals surface area (Å²) in [7, 11) is 0. The molecule has 62 heavy (non-hydrogen) atoms. The molecule has 0 unspecified atom stereocenters. The normalized spacial score (nSPS) is 11.2. The van der Waals surface area contributed by atoms with Gasteiger partial charge in [-0.2, -0.15) is 0 Å². The van der Waals surface area contributed by atoms with Crippen LogP contribution in [0.1, 0.15) is 22.8 Å². The fraction of sp³-hybridized carbons (Fsp3) is 0.0800. The summed E-state index contributed by atoms with van der Waals surface area (Å²) < 4.78 is 40.8. The van der Waals surface area contributed by atoms with Crippen LogP contribution in [0.5, 0.6) is 34.5 Å². The molecular formula is C50H38Al2N4O6.